The average molecular weight is 284 g/mol. The predicted molar refractivity (Wildman–Crippen MR) is 83.0 cm³/mol. The Kier molecular flexibility index (Phi) is 5.26. The molecule has 1 atom stereocenters. The van der Waals surface area contributed by atoms with Crippen molar-refractivity contribution >= 4 is 11.6 Å². The van der Waals surface area contributed by atoms with Crippen molar-refractivity contribution in [2.24, 2.45) is 0 Å². The fraction of sp³-hybridized carbons (Fsp3) is 0.312. The molecule has 0 saturated heterocycles. The van der Waals surface area contributed by atoms with Crippen LogP contribution in [0, 0.1) is 0 Å². The van der Waals surface area contributed by atoms with Crippen LogP contribution in [-0.4, -0.2) is 21.9 Å². The summed E-state index contributed by atoms with van der Waals surface area (Å²) < 4.78 is 0. The molecule has 2 heterocycles. The van der Waals surface area contributed by atoms with Gasteiger partial charge in [0, 0.05) is 25.0 Å². The summed E-state index contributed by atoms with van der Waals surface area (Å²) in [5.74, 6) is -0.134. The molecule has 0 aromatic carbocycles. The Balaban J connectivity index is 1.91. The molecule has 0 saturated carbocycles. The fourth-order valence-electron chi connectivity index (χ4n) is 1.74. The fourth-order valence-corrected chi connectivity index (χ4v) is 1.74. The molecule has 110 valence electrons. The van der Waals surface area contributed by atoms with E-state index in [1.54, 1.807) is 24.7 Å². The number of nitrogens with zero attached hydrogens (tertiary/aromatic N) is 2. The van der Waals surface area contributed by atoms with E-state index < -0.39 is 0 Å². The third kappa shape index (κ3) is 4.56. The maximum atomic E-state index is 11.9. The Bertz CT molecular complexity index is 569. The molecule has 5 nitrogen and oxygen atoms in total. The third-order valence-electron chi connectivity index (χ3n) is 3.23. The van der Waals surface area contributed by atoms with Crippen LogP contribution in [0.15, 0.2) is 42.9 Å². The molecule has 0 radical (unpaired) electrons. The lowest BCUT2D eigenvalue weighted by Gasteiger charge is -2.11. The lowest BCUT2D eigenvalue weighted by molar-refractivity contribution is 0.0934. The molecule has 2 aromatic heterocycles. The normalized spacial score (nSPS) is 11.7. The van der Waals surface area contributed by atoms with Gasteiger partial charge in [0.2, 0.25) is 0 Å². The monoisotopic (exact) mass is 284 g/mol. The molecule has 0 bridgehead atoms. The highest BCUT2D eigenvalue weighted by atomic mass is 16.1. The summed E-state index contributed by atoms with van der Waals surface area (Å²) in [4.78, 5) is 20.1. The highest BCUT2D eigenvalue weighted by molar-refractivity contribution is 5.92. The number of amides is 1. The number of anilines is 1. The molecule has 1 unspecified atom stereocenters. The van der Waals surface area contributed by atoms with Crippen molar-refractivity contribution < 1.29 is 4.79 Å². The number of rotatable bonds is 6. The van der Waals surface area contributed by atoms with Crippen molar-refractivity contribution in [2.45, 2.75) is 32.9 Å². The molecule has 2 aromatic rings. The van der Waals surface area contributed by atoms with E-state index in [-0.39, 0.29) is 11.9 Å². The average Bonchev–Trinajstić information content (AvgIpc) is 2.54. The molecule has 0 aliphatic rings. The van der Waals surface area contributed by atoms with Gasteiger partial charge < -0.3 is 10.6 Å². The zero-order valence-electron chi connectivity index (χ0n) is 12.3. The molecule has 5 heteroatoms. The Hall–Kier alpha value is -2.43. The second-order valence-electron chi connectivity index (χ2n) is 4.92. The standard InChI is InChI=1S/C16H20N4O/c1-3-12(2)20-16(21)15-5-4-14(11-19-15)18-10-13-6-8-17-9-7-13/h4-9,11-12,18H,3,10H2,1-2H3,(H,20,21). The van der Waals surface area contributed by atoms with Crippen molar-refractivity contribution in [3.63, 3.8) is 0 Å². The van der Waals surface area contributed by atoms with Crippen LogP contribution in [0.1, 0.15) is 36.3 Å². The quantitative estimate of drug-likeness (QED) is 0.855. The second-order valence-corrected chi connectivity index (χ2v) is 4.92. The van der Waals surface area contributed by atoms with E-state index in [4.69, 9.17) is 0 Å². The van der Waals surface area contributed by atoms with Crippen LogP contribution in [-0.2, 0) is 6.54 Å². The highest BCUT2D eigenvalue weighted by Gasteiger charge is 2.09. The van der Waals surface area contributed by atoms with E-state index in [9.17, 15) is 4.79 Å². The number of pyridine rings is 2. The summed E-state index contributed by atoms with van der Waals surface area (Å²) in [6.45, 7) is 4.70. The number of carbonyl (C=O) groups is 1. The van der Waals surface area contributed by atoms with Gasteiger partial charge in [-0.15, -0.1) is 0 Å². The van der Waals surface area contributed by atoms with Gasteiger partial charge in [0.15, 0.2) is 0 Å². The minimum atomic E-state index is -0.134. The molecular formula is C16H20N4O. The van der Waals surface area contributed by atoms with Gasteiger partial charge in [-0.05, 0) is 43.2 Å². The van der Waals surface area contributed by atoms with Gasteiger partial charge in [-0.2, -0.15) is 0 Å². The predicted octanol–water partition coefficient (Wildman–Crippen LogP) is 2.62. The van der Waals surface area contributed by atoms with E-state index in [1.165, 1.54) is 0 Å². The first-order valence-corrected chi connectivity index (χ1v) is 7.08. The first-order valence-electron chi connectivity index (χ1n) is 7.08. The van der Waals surface area contributed by atoms with Crippen LogP contribution in [0.2, 0.25) is 0 Å². The third-order valence-corrected chi connectivity index (χ3v) is 3.23. The molecule has 2 rings (SSSR count). The van der Waals surface area contributed by atoms with E-state index in [0.717, 1.165) is 17.7 Å². The summed E-state index contributed by atoms with van der Waals surface area (Å²) >= 11 is 0. The largest absolute Gasteiger partial charge is 0.380 e. The van der Waals surface area contributed by atoms with Gasteiger partial charge in [-0.1, -0.05) is 6.92 Å². The van der Waals surface area contributed by atoms with Crippen LogP contribution in [0.3, 0.4) is 0 Å². The van der Waals surface area contributed by atoms with Crippen LogP contribution >= 0.6 is 0 Å². The molecule has 0 fully saturated rings. The first-order chi connectivity index (χ1) is 10.2. The van der Waals surface area contributed by atoms with E-state index in [1.807, 2.05) is 32.0 Å². The van der Waals surface area contributed by atoms with E-state index >= 15 is 0 Å². The zero-order valence-corrected chi connectivity index (χ0v) is 12.3. The van der Waals surface area contributed by atoms with Crippen LogP contribution in [0.4, 0.5) is 5.69 Å². The summed E-state index contributed by atoms with van der Waals surface area (Å²) in [5.41, 5.74) is 2.46. The van der Waals surface area contributed by atoms with E-state index in [2.05, 4.69) is 20.6 Å². The molecule has 21 heavy (non-hydrogen) atoms. The van der Waals surface area contributed by atoms with Crippen LogP contribution in [0.5, 0.6) is 0 Å². The van der Waals surface area contributed by atoms with Gasteiger partial charge >= 0.3 is 0 Å². The maximum Gasteiger partial charge on any atom is 0.270 e. The van der Waals surface area contributed by atoms with Crippen molar-refractivity contribution in [1.29, 1.82) is 0 Å². The molecule has 0 aliphatic carbocycles. The van der Waals surface area contributed by atoms with Crippen LogP contribution in [0.25, 0.3) is 0 Å². The molecule has 2 N–H and O–H groups in total. The lowest BCUT2D eigenvalue weighted by Crippen LogP contribution is -2.32. The maximum absolute atomic E-state index is 11.9. The Morgan fingerprint density at radius 1 is 1.24 bits per heavy atom. The first kappa shape index (κ1) is 15.0. The van der Waals surface area contributed by atoms with Crippen molar-refractivity contribution in [2.75, 3.05) is 5.32 Å². The number of hydrogen-bond acceptors (Lipinski definition) is 4. The Morgan fingerprint density at radius 3 is 2.62 bits per heavy atom. The molecule has 0 spiro atoms. The minimum absolute atomic E-state index is 0.134. The van der Waals surface area contributed by atoms with Crippen molar-refractivity contribution in [3.8, 4) is 0 Å². The SMILES string of the molecule is CCC(C)NC(=O)c1ccc(NCc2ccncc2)cn1. The van der Waals surface area contributed by atoms with Gasteiger partial charge in [0.05, 0.1) is 11.9 Å². The summed E-state index contributed by atoms with van der Waals surface area (Å²) in [6.07, 6.45) is 6.10. The zero-order chi connectivity index (χ0) is 15.1. The van der Waals surface area contributed by atoms with E-state index in [0.29, 0.717) is 12.2 Å². The number of carbonyl (C=O) groups excluding carboxylic acids is 1. The summed E-state index contributed by atoms with van der Waals surface area (Å²) in [7, 11) is 0. The van der Waals surface area contributed by atoms with Crippen molar-refractivity contribution in [3.05, 3.63) is 54.1 Å². The lowest BCUT2D eigenvalue weighted by atomic mass is 10.2. The molecule has 0 aliphatic heterocycles. The Labute approximate surface area is 124 Å². The topological polar surface area (TPSA) is 66.9 Å². The highest BCUT2D eigenvalue weighted by Crippen LogP contribution is 2.08. The second kappa shape index (κ2) is 7.38. The van der Waals surface area contributed by atoms with Gasteiger partial charge in [-0.25, -0.2) is 4.98 Å². The number of hydrogen-bond donors (Lipinski definition) is 2. The van der Waals surface area contributed by atoms with Gasteiger partial charge in [-0.3, -0.25) is 9.78 Å². The van der Waals surface area contributed by atoms with Gasteiger partial charge in [0.25, 0.3) is 5.91 Å². The number of aromatic nitrogens is 2. The number of nitrogens with one attached hydrogen (secondary N) is 2. The molecular weight excluding hydrogens is 264 g/mol. The van der Waals surface area contributed by atoms with Crippen molar-refractivity contribution in [1.82, 2.24) is 15.3 Å². The Morgan fingerprint density at radius 2 is 2.00 bits per heavy atom. The van der Waals surface area contributed by atoms with Crippen LogP contribution < -0.4 is 10.6 Å². The summed E-state index contributed by atoms with van der Waals surface area (Å²) in [6, 6.07) is 7.65. The minimum Gasteiger partial charge on any atom is -0.380 e. The molecule has 1 amide bonds. The smallest absolute Gasteiger partial charge is 0.270 e. The van der Waals surface area contributed by atoms with Gasteiger partial charge in [0.1, 0.15) is 5.69 Å². The summed E-state index contributed by atoms with van der Waals surface area (Å²) in [5, 5.41) is 6.15.